The molecule has 0 amide bonds. The number of aromatic nitrogens is 4. The van der Waals surface area contributed by atoms with Gasteiger partial charge in [0.1, 0.15) is 12.2 Å². The predicted octanol–water partition coefficient (Wildman–Crippen LogP) is 1.98. The summed E-state index contributed by atoms with van der Waals surface area (Å²) < 4.78 is 0. The molecule has 4 heteroatoms. The van der Waals surface area contributed by atoms with Crippen LogP contribution in [0.25, 0.3) is 0 Å². The molecule has 16 heavy (non-hydrogen) atoms. The first kappa shape index (κ1) is 10.7. The summed E-state index contributed by atoms with van der Waals surface area (Å²) in [6.07, 6.45) is 7.69. The van der Waals surface area contributed by atoms with E-state index in [1.807, 2.05) is 18.5 Å². The van der Waals surface area contributed by atoms with Gasteiger partial charge >= 0.3 is 0 Å². The predicted molar refractivity (Wildman–Crippen MR) is 61.0 cm³/mol. The number of hydrogen-bond donors (Lipinski definition) is 0. The summed E-state index contributed by atoms with van der Waals surface area (Å²) in [6.45, 7) is 4.26. The molecule has 0 unspecified atom stereocenters. The molecule has 0 atom stereocenters. The van der Waals surface area contributed by atoms with Crippen molar-refractivity contribution in [3.05, 3.63) is 48.1 Å². The highest BCUT2D eigenvalue weighted by Crippen LogP contribution is 2.11. The van der Waals surface area contributed by atoms with Crippen LogP contribution in [0.3, 0.4) is 0 Å². The molecule has 0 aliphatic rings. The van der Waals surface area contributed by atoms with Crippen LogP contribution < -0.4 is 0 Å². The van der Waals surface area contributed by atoms with Crippen molar-refractivity contribution in [2.75, 3.05) is 0 Å². The first-order chi connectivity index (χ1) is 7.75. The first-order valence-electron chi connectivity index (χ1n) is 5.31. The molecule has 2 aromatic heterocycles. The minimum atomic E-state index is 0.466. The molecule has 0 saturated carbocycles. The molecule has 2 rings (SSSR count). The molecule has 0 N–H and O–H groups in total. The van der Waals surface area contributed by atoms with Crippen LogP contribution in [0.15, 0.2) is 31.0 Å². The fourth-order valence-corrected chi connectivity index (χ4v) is 1.34. The van der Waals surface area contributed by atoms with Gasteiger partial charge in [0.2, 0.25) is 0 Å². The van der Waals surface area contributed by atoms with Crippen molar-refractivity contribution in [1.82, 2.24) is 19.9 Å². The molecule has 82 valence electrons. The van der Waals surface area contributed by atoms with Gasteiger partial charge in [-0.05, 0) is 17.5 Å². The summed E-state index contributed by atoms with van der Waals surface area (Å²) in [5.74, 6) is 1.26. The van der Waals surface area contributed by atoms with Gasteiger partial charge in [-0.3, -0.25) is 0 Å². The number of nitrogens with zero attached hydrogens (tertiary/aromatic N) is 4. The Morgan fingerprint density at radius 3 is 2.44 bits per heavy atom. The van der Waals surface area contributed by atoms with E-state index < -0.39 is 0 Å². The van der Waals surface area contributed by atoms with Gasteiger partial charge in [0.25, 0.3) is 0 Å². The molecule has 0 saturated heterocycles. The van der Waals surface area contributed by atoms with Crippen molar-refractivity contribution in [1.29, 1.82) is 0 Å². The van der Waals surface area contributed by atoms with Crippen molar-refractivity contribution >= 4 is 0 Å². The lowest BCUT2D eigenvalue weighted by molar-refractivity contribution is 0.825. The average molecular weight is 214 g/mol. The summed E-state index contributed by atoms with van der Waals surface area (Å²) in [6, 6.07) is 1.87. The first-order valence-corrected chi connectivity index (χ1v) is 5.31. The smallest absolute Gasteiger partial charge is 0.134 e. The standard InChI is InChI=1S/C12H14N4/c1-9(2)10-6-14-12(15-7-10)5-11-3-4-13-8-16-11/h3-4,6-9H,5H2,1-2H3. The van der Waals surface area contributed by atoms with Gasteiger partial charge in [0.15, 0.2) is 0 Å². The van der Waals surface area contributed by atoms with E-state index in [0.717, 1.165) is 17.1 Å². The number of hydrogen-bond acceptors (Lipinski definition) is 4. The highest BCUT2D eigenvalue weighted by Gasteiger charge is 2.02. The molecular weight excluding hydrogens is 200 g/mol. The largest absolute Gasteiger partial charge is 0.245 e. The maximum Gasteiger partial charge on any atom is 0.134 e. The van der Waals surface area contributed by atoms with Crippen molar-refractivity contribution in [2.45, 2.75) is 26.2 Å². The van der Waals surface area contributed by atoms with E-state index in [9.17, 15) is 0 Å². The van der Waals surface area contributed by atoms with Crippen LogP contribution in [0.4, 0.5) is 0 Å². The summed E-state index contributed by atoms with van der Waals surface area (Å²) in [4.78, 5) is 16.7. The SMILES string of the molecule is CC(C)c1cnc(Cc2ccncn2)nc1. The van der Waals surface area contributed by atoms with E-state index in [1.54, 1.807) is 6.20 Å². The highest BCUT2D eigenvalue weighted by atomic mass is 14.9. The van der Waals surface area contributed by atoms with Crippen molar-refractivity contribution in [3.8, 4) is 0 Å². The Bertz CT molecular complexity index is 436. The molecule has 2 heterocycles. The van der Waals surface area contributed by atoms with Crippen LogP contribution in [-0.2, 0) is 6.42 Å². The molecule has 2 aromatic rings. The van der Waals surface area contributed by atoms with E-state index >= 15 is 0 Å². The second-order valence-electron chi connectivity index (χ2n) is 3.96. The third-order valence-electron chi connectivity index (χ3n) is 2.37. The molecule has 0 bridgehead atoms. The molecule has 0 aliphatic carbocycles. The molecule has 0 aliphatic heterocycles. The Hall–Kier alpha value is -1.84. The zero-order chi connectivity index (χ0) is 11.4. The third kappa shape index (κ3) is 2.59. The second kappa shape index (κ2) is 4.79. The summed E-state index contributed by atoms with van der Waals surface area (Å²) in [7, 11) is 0. The Kier molecular flexibility index (Phi) is 3.19. The Labute approximate surface area is 94.8 Å². The second-order valence-corrected chi connectivity index (χ2v) is 3.96. The Morgan fingerprint density at radius 1 is 1.12 bits per heavy atom. The van der Waals surface area contributed by atoms with Gasteiger partial charge in [-0.2, -0.15) is 0 Å². The van der Waals surface area contributed by atoms with Gasteiger partial charge in [0, 0.05) is 18.6 Å². The van der Waals surface area contributed by atoms with Gasteiger partial charge in [-0.15, -0.1) is 0 Å². The zero-order valence-corrected chi connectivity index (χ0v) is 9.46. The van der Waals surface area contributed by atoms with Crippen LogP contribution in [-0.4, -0.2) is 19.9 Å². The van der Waals surface area contributed by atoms with E-state index in [0.29, 0.717) is 12.3 Å². The van der Waals surface area contributed by atoms with E-state index in [-0.39, 0.29) is 0 Å². The van der Waals surface area contributed by atoms with Crippen LogP contribution in [0.1, 0.15) is 36.8 Å². The molecule has 0 aromatic carbocycles. The summed E-state index contributed by atoms with van der Waals surface area (Å²) >= 11 is 0. The van der Waals surface area contributed by atoms with Crippen LogP contribution in [0, 0.1) is 0 Å². The summed E-state index contributed by atoms with van der Waals surface area (Å²) in [5, 5.41) is 0. The topological polar surface area (TPSA) is 51.6 Å². The molecule has 0 spiro atoms. The molecular formula is C12H14N4. The quantitative estimate of drug-likeness (QED) is 0.784. The maximum atomic E-state index is 4.32. The monoisotopic (exact) mass is 214 g/mol. The Balaban J connectivity index is 2.11. The van der Waals surface area contributed by atoms with Gasteiger partial charge < -0.3 is 0 Å². The zero-order valence-electron chi connectivity index (χ0n) is 9.46. The maximum absolute atomic E-state index is 4.32. The van der Waals surface area contributed by atoms with Gasteiger partial charge in [0.05, 0.1) is 12.1 Å². The number of rotatable bonds is 3. The molecule has 4 nitrogen and oxygen atoms in total. The lowest BCUT2D eigenvalue weighted by Gasteiger charge is -2.04. The minimum absolute atomic E-state index is 0.466. The fraction of sp³-hybridized carbons (Fsp3) is 0.333. The van der Waals surface area contributed by atoms with Crippen LogP contribution in [0.5, 0.6) is 0 Å². The lowest BCUT2D eigenvalue weighted by atomic mass is 10.1. The average Bonchev–Trinajstić information content (AvgIpc) is 2.31. The van der Waals surface area contributed by atoms with E-state index in [4.69, 9.17) is 0 Å². The van der Waals surface area contributed by atoms with Crippen molar-refractivity contribution in [3.63, 3.8) is 0 Å². The van der Waals surface area contributed by atoms with Crippen LogP contribution in [0.2, 0.25) is 0 Å². The summed E-state index contributed by atoms with van der Waals surface area (Å²) in [5.41, 5.74) is 2.10. The third-order valence-corrected chi connectivity index (χ3v) is 2.37. The van der Waals surface area contributed by atoms with Crippen molar-refractivity contribution < 1.29 is 0 Å². The normalized spacial score (nSPS) is 10.7. The van der Waals surface area contributed by atoms with Crippen LogP contribution >= 0.6 is 0 Å². The molecule has 0 radical (unpaired) electrons. The molecule has 0 fully saturated rings. The van der Waals surface area contributed by atoms with E-state index in [2.05, 4.69) is 33.8 Å². The van der Waals surface area contributed by atoms with E-state index in [1.165, 1.54) is 6.33 Å². The van der Waals surface area contributed by atoms with Gasteiger partial charge in [-0.1, -0.05) is 13.8 Å². The highest BCUT2D eigenvalue weighted by molar-refractivity contribution is 5.12. The fourth-order valence-electron chi connectivity index (χ4n) is 1.34. The van der Waals surface area contributed by atoms with Crippen molar-refractivity contribution in [2.24, 2.45) is 0 Å². The minimum Gasteiger partial charge on any atom is -0.245 e. The lowest BCUT2D eigenvalue weighted by Crippen LogP contribution is -2.00. The Morgan fingerprint density at radius 2 is 1.88 bits per heavy atom. The van der Waals surface area contributed by atoms with Gasteiger partial charge in [-0.25, -0.2) is 19.9 Å².